The Morgan fingerprint density at radius 3 is 2.63 bits per heavy atom. The molecule has 1 N–H and O–H groups in total. The zero-order chi connectivity index (χ0) is 20.5. The molecule has 1 saturated heterocycles. The number of aryl methyl sites for hydroxylation is 1. The van der Waals surface area contributed by atoms with E-state index in [2.05, 4.69) is 37.4 Å². The lowest BCUT2D eigenvalue weighted by molar-refractivity contribution is -0.113. The van der Waals surface area contributed by atoms with Crippen LogP contribution in [0.25, 0.3) is 16.6 Å². The van der Waals surface area contributed by atoms with Gasteiger partial charge < -0.3 is 10.2 Å². The minimum absolute atomic E-state index is 0.0751. The first-order valence-corrected chi connectivity index (χ1v) is 11.1. The zero-order valence-corrected chi connectivity index (χ0v) is 17.5. The highest BCUT2D eigenvalue weighted by Crippen LogP contribution is 2.25. The van der Waals surface area contributed by atoms with Crippen molar-refractivity contribution in [3.8, 4) is 0 Å². The maximum atomic E-state index is 12.5. The van der Waals surface area contributed by atoms with E-state index in [0.29, 0.717) is 11.0 Å². The first-order valence-electron chi connectivity index (χ1n) is 10.1. The van der Waals surface area contributed by atoms with E-state index in [1.807, 2.05) is 43.3 Å². The average molecular weight is 419 g/mol. The Morgan fingerprint density at radius 2 is 1.83 bits per heavy atom. The molecule has 2 aromatic heterocycles. The quantitative estimate of drug-likeness (QED) is 0.391. The summed E-state index contributed by atoms with van der Waals surface area (Å²) in [5.41, 5.74) is 3.62. The Hall–Kier alpha value is -3.13. The van der Waals surface area contributed by atoms with Crippen molar-refractivity contribution in [2.24, 2.45) is 0 Å². The molecule has 8 heteroatoms. The topological polar surface area (TPSA) is 75.4 Å². The fourth-order valence-corrected chi connectivity index (χ4v) is 4.53. The molecule has 4 aromatic rings. The number of nitrogens with one attached hydrogen (secondary N) is 1. The van der Waals surface area contributed by atoms with Gasteiger partial charge in [0.1, 0.15) is 5.82 Å². The molecule has 5 rings (SSSR count). The molecule has 152 valence electrons. The molecular formula is C22H22N6OS. The van der Waals surface area contributed by atoms with E-state index in [-0.39, 0.29) is 11.7 Å². The van der Waals surface area contributed by atoms with Crippen LogP contribution >= 0.6 is 11.8 Å². The number of benzene rings is 2. The first-order chi connectivity index (χ1) is 14.7. The van der Waals surface area contributed by atoms with Gasteiger partial charge in [0.15, 0.2) is 10.8 Å². The molecule has 1 fully saturated rings. The molecule has 1 aliphatic heterocycles. The number of hydrogen-bond acceptors (Lipinski definition) is 6. The van der Waals surface area contributed by atoms with Crippen LogP contribution in [-0.2, 0) is 4.79 Å². The lowest BCUT2D eigenvalue weighted by Crippen LogP contribution is -2.18. The second-order valence-electron chi connectivity index (χ2n) is 7.38. The number of thioether (sulfide) groups is 1. The maximum Gasteiger partial charge on any atom is 0.234 e. The third-order valence-corrected chi connectivity index (χ3v) is 6.14. The van der Waals surface area contributed by atoms with Gasteiger partial charge in [0, 0.05) is 29.9 Å². The summed E-state index contributed by atoms with van der Waals surface area (Å²) in [7, 11) is 0. The van der Waals surface area contributed by atoms with Crippen molar-refractivity contribution in [3.63, 3.8) is 0 Å². The molecule has 0 radical (unpaired) electrons. The monoisotopic (exact) mass is 418 g/mol. The van der Waals surface area contributed by atoms with E-state index in [1.165, 1.54) is 30.3 Å². The van der Waals surface area contributed by atoms with Crippen LogP contribution in [0.4, 0.5) is 11.4 Å². The predicted molar refractivity (Wildman–Crippen MR) is 120 cm³/mol. The lowest BCUT2D eigenvalue weighted by Gasteiger charge is -2.17. The van der Waals surface area contributed by atoms with E-state index in [9.17, 15) is 4.79 Å². The van der Waals surface area contributed by atoms with Crippen LogP contribution < -0.4 is 10.2 Å². The van der Waals surface area contributed by atoms with Crippen LogP contribution in [0, 0.1) is 6.92 Å². The van der Waals surface area contributed by atoms with Gasteiger partial charge in [-0.25, -0.2) is 9.97 Å². The van der Waals surface area contributed by atoms with Gasteiger partial charge in [-0.05, 0) is 56.2 Å². The Bertz CT molecular complexity index is 1210. The van der Waals surface area contributed by atoms with Crippen molar-refractivity contribution in [2.75, 3.05) is 29.1 Å². The first kappa shape index (κ1) is 18.9. The molecule has 2 aromatic carbocycles. The van der Waals surface area contributed by atoms with Crippen LogP contribution in [0.1, 0.15) is 18.7 Å². The van der Waals surface area contributed by atoms with E-state index in [1.54, 1.807) is 4.52 Å². The molecule has 0 saturated carbocycles. The number of fused-ring (bicyclic) bond motifs is 3. The van der Waals surface area contributed by atoms with Gasteiger partial charge in [0.05, 0.1) is 11.3 Å². The highest BCUT2D eigenvalue weighted by molar-refractivity contribution is 7.99. The summed E-state index contributed by atoms with van der Waals surface area (Å²) < 4.78 is 1.72. The molecule has 3 heterocycles. The summed E-state index contributed by atoms with van der Waals surface area (Å²) in [5.74, 6) is 0.846. The number of aromatic nitrogens is 4. The summed E-state index contributed by atoms with van der Waals surface area (Å²) in [6.45, 7) is 4.07. The molecule has 0 spiro atoms. The van der Waals surface area contributed by atoms with Crippen LogP contribution in [0.5, 0.6) is 0 Å². The van der Waals surface area contributed by atoms with Gasteiger partial charge in [-0.2, -0.15) is 4.52 Å². The second-order valence-corrected chi connectivity index (χ2v) is 8.33. The minimum Gasteiger partial charge on any atom is -0.372 e. The lowest BCUT2D eigenvalue weighted by atomic mass is 10.2. The average Bonchev–Trinajstić information content (AvgIpc) is 3.42. The summed E-state index contributed by atoms with van der Waals surface area (Å²) in [4.78, 5) is 24.1. The van der Waals surface area contributed by atoms with Gasteiger partial charge in [-0.3, -0.25) is 4.79 Å². The van der Waals surface area contributed by atoms with Crippen LogP contribution in [0.15, 0.2) is 53.7 Å². The van der Waals surface area contributed by atoms with E-state index in [4.69, 9.17) is 0 Å². The third-order valence-electron chi connectivity index (χ3n) is 5.21. The summed E-state index contributed by atoms with van der Waals surface area (Å²) >= 11 is 1.36. The van der Waals surface area contributed by atoms with Gasteiger partial charge >= 0.3 is 0 Å². The van der Waals surface area contributed by atoms with Crippen molar-refractivity contribution in [2.45, 2.75) is 24.9 Å². The molecule has 30 heavy (non-hydrogen) atoms. The van der Waals surface area contributed by atoms with Crippen LogP contribution in [-0.4, -0.2) is 44.3 Å². The number of carbonyl (C=O) groups excluding carboxylic acids is 1. The van der Waals surface area contributed by atoms with Gasteiger partial charge in [0.25, 0.3) is 0 Å². The third kappa shape index (κ3) is 3.70. The fraction of sp³-hybridized carbons (Fsp3) is 0.273. The highest BCUT2D eigenvalue weighted by atomic mass is 32.2. The number of anilines is 2. The number of amides is 1. The van der Waals surface area contributed by atoms with Crippen molar-refractivity contribution in [3.05, 3.63) is 54.4 Å². The molecule has 1 aliphatic rings. The summed E-state index contributed by atoms with van der Waals surface area (Å²) in [6, 6.07) is 15.9. The predicted octanol–water partition coefficient (Wildman–Crippen LogP) is 3.92. The van der Waals surface area contributed by atoms with E-state index >= 15 is 0 Å². The SMILES string of the molecule is Cc1nc2c3ccccc3nc(SCC(=O)Nc3ccc(N4CCCC4)cc3)n2n1. The molecule has 7 nitrogen and oxygen atoms in total. The van der Waals surface area contributed by atoms with E-state index in [0.717, 1.165) is 35.3 Å². The Kier molecular flexibility index (Phi) is 5.00. The maximum absolute atomic E-state index is 12.5. The smallest absolute Gasteiger partial charge is 0.234 e. The number of hydrogen-bond donors (Lipinski definition) is 1. The molecule has 0 unspecified atom stereocenters. The Balaban J connectivity index is 1.29. The number of nitrogens with zero attached hydrogens (tertiary/aromatic N) is 5. The zero-order valence-electron chi connectivity index (χ0n) is 16.7. The molecule has 0 atom stereocenters. The van der Waals surface area contributed by atoms with Crippen LogP contribution in [0.3, 0.4) is 0 Å². The van der Waals surface area contributed by atoms with Crippen molar-refractivity contribution >= 4 is 45.6 Å². The van der Waals surface area contributed by atoms with E-state index < -0.39 is 0 Å². The Morgan fingerprint density at radius 1 is 1.07 bits per heavy atom. The van der Waals surface area contributed by atoms with Gasteiger partial charge in [0.2, 0.25) is 5.91 Å². The molecule has 0 bridgehead atoms. The number of rotatable bonds is 5. The molecule has 1 amide bonds. The van der Waals surface area contributed by atoms with Gasteiger partial charge in [-0.1, -0.05) is 23.9 Å². The highest BCUT2D eigenvalue weighted by Gasteiger charge is 2.15. The van der Waals surface area contributed by atoms with Crippen molar-refractivity contribution in [1.29, 1.82) is 0 Å². The number of para-hydroxylation sites is 1. The second kappa shape index (κ2) is 7.95. The molecule has 0 aliphatic carbocycles. The van der Waals surface area contributed by atoms with Crippen molar-refractivity contribution in [1.82, 2.24) is 19.6 Å². The van der Waals surface area contributed by atoms with Crippen LogP contribution in [0.2, 0.25) is 0 Å². The fourth-order valence-electron chi connectivity index (χ4n) is 3.78. The summed E-state index contributed by atoms with van der Waals surface area (Å²) in [6.07, 6.45) is 2.49. The standard InChI is InChI=1S/C22H22N6OS/c1-15-23-21-18-6-2-3-7-19(18)25-22(28(21)26-15)30-14-20(29)24-16-8-10-17(11-9-16)27-12-4-5-13-27/h2-3,6-11H,4-5,12-14H2,1H3,(H,24,29). The summed E-state index contributed by atoms with van der Waals surface area (Å²) in [5, 5.41) is 9.03. The largest absolute Gasteiger partial charge is 0.372 e. The van der Waals surface area contributed by atoms with Crippen molar-refractivity contribution < 1.29 is 4.79 Å². The Labute approximate surface area is 178 Å². The normalized spacial score (nSPS) is 14.0. The van der Waals surface area contributed by atoms with Gasteiger partial charge in [-0.15, -0.1) is 5.10 Å². The molecular weight excluding hydrogens is 396 g/mol. The minimum atomic E-state index is -0.0751. The number of carbonyl (C=O) groups is 1.